The van der Waals surface area contributed by atoms with Crippen molar-refractivity contribution in [2.75, 3.05) is 43.4 Å². The lowest BCUT2D eigenvalue weighted by atomic mass is 10.1. The van der Waals surface area contributed by atoms with Crippen molar-refractivity contribution in [2.45, 2.75) is 0 Å². The van der Waals surface area contributed by atoms with Crippen LogP contribution in [0.4, 0.5) is 16.5 Å². The molecule has 0 radical (unpaired) electrons. The summed E-state index contributed by atoms with van der Waals surface area (Å²) in [5.74, 6) is 0. The molecule has 1 aromatic heterocycles. The third kappa shape index (κ3) is 4.38. The van der Waals surface area contributed by atoms with Gasteiger partial charge in [-0.3, -0.25) is 0 Å². The molecule has 1 saturated heterocycles. The minimum absolute atomic E-state index is 0.526. The number of halogens is 2. The third-order valence-corrected chi connectivity index (χ3v) is 6.20. The molecular weight excluding hydrogens is 399 g/mol. The first-order valence-corrected chi connectivity index (χ1v) is 10.4. The van der Waals surface area contributed by atoms with Gasteiger partial charge in [0, 0.05) is 48.5 Å². The lowest BCUT2D eigenvalue weighted by Gasteiger charge is -2.34. The SMILES string of the molecule is CN1CCN(c2ccc(-c3csc(Nc4ccc(Cl)c(Cl)c4)n3)cc2)CC1. The molecule has 2 aromatic carbocycles. The van der Waals surface area contributed by atoms with Gasteiger partial charge in [0.15, 0.2) is 5.13 Å². The average Bonchev–Trinajstić information content (AvgIpc) is 3.14. The summed E-state index contributed by atoms with van der Waals surface area (Å²) in [4.78, 5) is 9.49. The van der Waals surface area contributed by atoms with E-state index in [1.807, 2.05) is 6.07 Å². The highest BCUT2D eigenvalue weighted by atomic mass is 35.5. The van der Waals surface area contributed by atoms with Crippen molar-refractivity contribution in [3.63, 3.8) is 0 Å². The molecule has 1 aliphatic heterocycles. The van der Waals surface area contributed by atoms with Crippen molar-refractivity contribution in [1.29, 1.82) is 0 Å². The quantitative estimate of drug-likeness (QED) is 0.596. The van der Waals surface area contributed by atoms with E-state index >= 15 is 0 Å². The number of piperazine rings is 1. The first-order chi connectivity index (χ1) is 13.1. The second-order valence-electron chi connectivity index (χ2n) is 6.63. The Balaban J connectivity index is 1.45. The Kier molecular flexibility index (Phi) is 5.55. The Morgan fingerprint density at radius 2 is 1.70 bits per heavy atom. The Morgan fingerprint density at radius 1 is 0.963 bits per heavy atom. The third-order valence-electron chi connectivity index (χ3n) is 4.71. The Morgan fingerprint density at radius 3 is 2.41 bits per heavy atom. The van der Waals surface area contributed by atoms with E-state index in [0.29, 0.717) is 10.0 Å². The molecule has 3 aromatic rings. The van der Waals surface area contributed by atoms with Gasteiger partial charge in [-0.1, -0.05) is 35.3 Å². The normalized spacial score (nSPS) is 15.1. The van der Waals surface area contributed by atoms with Crippen LogP contribution in [0.25, 0.3) is 11.3 Å². The van der Waals surface area contributed by atoms with Crippen LogP contribution in [-0.4, -0.2) is 43.1 Å². The summed E-state index contributed by atoms with van der Waals surface area (Å²) in [5.41, 5.74) is 4.23. The summed E-state index contributed by atoms with van der Waals surface area (Å²) in [7, 11) is 2.17. The summed E-state index contributed by atoms with van der Waals surface area (Å²) in [5, 5.41) is 7.24. The van der Waals surface area contributed by atoms with Gasteiger partial charge < -0.3 is 15.1 Å². The van der Waals surface area contributed by atoms with E-state index in [1.54, 1.807) is 23.5 Å². The van der Waals surface area contributed by atoms with Crippen molar-refractivity contribution < 1.29 is 0 Å². The number of nitrogens with one attached hydrogen (secondary N) is 1. The monoisotopic (exact) mass is 418 g/mol. The molecule has 0 spiro atoms. The lowest BCUT2D eigenvalue weighted by molar-refractivity contribution is 0.313. The molecule has 140 valence electrons. The van der Waals surface area contributed by atoms with Crippen LogP contribution in [0.1, 0.15) is 0 Å². The van der Waals surface area contributed by atoms with Gasteiger partial charge in [-0.15, -0.1) is 11.3 Å². The zero-order chi connectivity index (χ0) is 18.8. The molecule has 27 heavy (non-hydrogen) atoms. The molecule has 0 atom stereocenters. The van der Waals surface area contributed by atoms with E-state index in [2.05, 4.69) is 51.8 Å². The minimum Gasteiger partial charge on any atom is -0.369 e. The fourth-order valence-corrected chi connectivity index (χ4v) is 4.11. The smallest absolute Gasteiger partial charge is 0.187 e. The number of thiazole rings is 1. The molecule has 0 bridgehead atoms. The molecule has 0 aliphatic carbocycles. The van der Waals surface area contributed by atoms with Crippen molar-refractivity contribution in [3.8, 4) is 11.3 Å². The van der Waals surface area contributed by atoms with Crippen molar-refractivity contribution in [3.05, 3.63) is 57.9 Å². The molecule has 2 heterocycles. The average molecular weight is 419 g/mol. The van der Waals surface area contributed by atoms with E-state index in [1.165, 1.54) is 5.69 Å². The van der Waals surface area contributed by atoms with Gasteiger partial charge in [0.2, 0.25) is 0 Å². The van der Waals surface area contributed by atoms with Crippen LogP contribution in [-0.2, 0) is 0 Å². The second-order valence-corrected chi connectivity index (χ2v) is 8.30. The van der Waals surface area contributed by atoms with Crippen molar-refractivity contribution in [1.82, 2.24) is 9.88 Å². The Labute approximate surface area is 173 Å². The number of nitrogens with zero attached hydrogens (tertiary/aromatic N) is 3. The maximum Gasteiger partial charge on any atom is 0.187 e. The molecule has 1 aliphatic rings. The van der Waals surface area contributed by atoms with Gasteiger partial charge in [0.1, 0.15) is 0 Å². The van der Waals surface area contributed by atoms with E-state index in [9.17, 15) is 0 Å². The molecule has 4 nitrogen and oxygen atoms in total. The zero-order valence-corrected chi connectivity index (χ0v) is 17.3. The molecule has 1 N–H and O–H groups in total. The fraction of sp³-hybridized carbons (Fsp3) is 0.250. The molecule has 0 amide bonds. The molecule has 7 heteroatoms. The lowest BCUT2D eigenvalue weighted by Crippen LogP contribution is -2.44. The van der Waals surface area contributed by atoms with E-state index in [4.69, 9.17) is 28.2 Å². The van der Waals surface area contributed by atoms with Crippen LogP contribution in [0.2, 0.25) is 10.0 Å². The van der Waals surface area contributed by atoms with Gasteiger partial charge in [-0.25, -0.2) is 4.98 Å². The first-order valence-electron chi connectivity index (χ1n) is 8.80. The number of likely N-dealkylation sites (N-methyl/N-ethyl adjacent to an activating group) is 1. The fourth-order valence-electron chi connectivity index (χ4n) is 3.07. The number of hydrogen-bond acceptors (Lipinski definition) is 5. The number of benzene rings is 2. The highest BCUT2D eigenvalue weighted by Gasteiger charge is 2.14. The highest BCUT2D eigenvalue weighted by Crippen LogP contribution is 2.31. The maximum atomic E-state index is 6.07. The summed E-state index contributed by atoms with van der Waals surface area (Å²) in [6.07, 6.45) is 0. The summed E-state index contributed by atoms with van der Waals surface area (Å²) in [6.45, 7) is 4.36. The molecule has 0 unspecified atom stereocenters. The molecule has 1 fully saturated rings. The van der Waals surface area contributed by atoms with Gasteiger partial charge in [-0.05, 0) is 37.4 Å². The van der Waals surface area contributed by atoms with Gasteiger partial charge >= 0.3 is 0 Å². The number of anilines is 3. The van der Waals surface area contributed by atoms with E-state index in [0.717, 1.165) is 48.3 Å². The second kappa shape index (κ2) is 8.07. The molecule has 4 rings (SSSR count). The maximum absolute atomic E-state index is 6.07. The van der Waals surface area contributed by atoms with Gasteiger partial charge in [-0.2, -0.15) is 0 Å². The van der Waals surface area contributed by atoms with Crippen LogP contribution in [0.5, 0.6) is 0 Å². The highest BCUT2D eigenvalue weighted by molar-refractivity contribution is 7.14. The van der Waals surface area contributed by atoms with E-state index < -0.39 is 0 Å². The Bertz CT molecular complexity index is 918. The summed E-state index contributed by atoms with van der Waals surface area (Å²) in [6, 6.07) is 14.1. The standard InChI is InChI=1S/C20H20Cl2N4S/c1-25-8-10-26(11-9-25)16-5-2-14(3-6-16)19-13-27-20(24-19)23-15-4-7-17(21)18(22)12-15/h2-7,12-13H,8-11H2,1H3,(H,23,24). The molecule has 0 saturated carbocycles. The topological polar surface area (TPSA) is 31.4 Å². The largest absolute Gasteiger partial charge is 0.369 e. The number of rotatable bonds is 4. The zero-order valence-electron chi connectivity index (χ0n) is 15.0. The first kappa shape index (κ1) is 18.6. The Hall–Kier alpha value is -1.79. The van der Waals surface area contributed by atoms with Crippen molar-refractivity contribution in [2.24, 2.45) is 0 Å². The van der Waals surface area contributed by atoms with Crippen LogP contribution < -0.4 is 10.2 Å². The van der Waals surface area contributed by atoms with Crippen LogP contribution in [0.3, 0.4) is 0 Å². The summed E-state index contributed by atoms with van der Waals surface area (Å²) < 4.78 is 0. The molecular formula is C20H20Cl2N4S. The predicted molar refractivity (Wildman–Crippen MR) is 117 cm³/mol. The predicted octanol–water partition coefficient (Wildman–Crippen LogP) is 5.61. The number of hydrogen-bond donors (Lipinski definition) is 1. The van der Waals surface area contributed by atoms with Crippen molar-refractivity contribution >= 4 is 51.0 Å². The van der Waals surface area contributed by atoms with Crippen LogP contribution in [0, 0.1) is 0 Å². The van der Waals surface area contributed by atoms with E-state index in [-0.39, 0.29) is 0 Å². The minimum atomic E-state index is 0.526. The summed E-state index contributed by atoms with van der Waals surface area (Å²) >= 11 is 13.6. The van der Waals surface area contributed by atoms with Crippen LogP contribution in [0.15, 0.2) is 47.8 Å². The van der Waals surface area contributed by atoms with Gasteiger partial charge in [0.25, 0.3) is 0 Å². The number of aromatic nitrogens is 1. The van der Waals surface area contributed by atoms with Crippen LogP contribution >= 0.6 is 34.5 Å². The van der Waals surface area contributed by atoms with Gasteiger partial charge in [0.05, 0.1) is 15.7 Å².